The van der Waals surface area contributed by atoms with Gasteiger partial charge in [0.15, 0.2) is 0 Å². The van der Waals surface area contributed by atoms with E-state index in [0.717, 1.165) is 44.3 Å². The highest BCUT2D eigenvalue weighted by Crippen LogP contribution is 2.20. The number of sulfonamides is 1. The van der Waals surface area contributed by atoms with Crippen molar-refractivity contribution in [3.05, 3.63) is 35.9 Å². The SMILES string of the molecule is CCC[C@@H](C)CS(=O)(=O)NCC1CCN(C[C@@H](O)c2ccccc2)CC1. The van der Waals surface area contributed by atoms with E-state index in [0.29, 0.717) is 19.0 Å². The van der Waals surface area contributed by atoms with Gasteiger partial charge in [-0.15, -0.1) is 0 Å². The van der Waals surface area contributed by atoms with Crippen molar-refractivity contribution in [2.24, 2.45) is 11.8 Å². The number of benzene rings is 1. The molecule has 1 aromatic rings. The smallest absolute Gasteiger partial charge is 0.211 e. The maximum absolute atomic E-state index is 12.2. The number of aliphatic hydroxyl groups excluding tert-OH is 1. The molecule has 2 atom stereocenters. The van der Waals surface area contributed by atoms with Crippen molar-refractivity contribution in [1.82, 2.24) is 9.62 Å². The van der Waals surface area contributed by atoms with Crippen LogP contribution in [0.15, 0.2) is 30.3 Å². The zero-order chi connectivity index (χ0) is 19.0. The van der Waals surface area contributed by atoms with E-state index in [1.54, 1.807) is 0 Å². The first-order valence-corrected chi connectivity index (χ1v) is 11.5. The highest BCUT2D eigenvalue weighted by molar-refractivity contribution is 7.89. The van der Waals surface area contributed by atoms with E-state index >= 15 is 0 Å². The lowest BCUT2D eigenvalue weighted by atomic mass is 9.96. The molecule has 148 valence electrons. The van der Waals surface area contributed by atoms with Crippen LogP contribution in [0.5, 0.6) is 0 Å². The van der Waals surface area contributed by atoms with Gasteiger partial charge in [0, 0.05) is 13.1 Å². The van der Waals surface area contributed by atoms with Crippen LogP contribution in [0.2, 0.25) is 0 Å². The molecule has 2 N–H and O–H groups in total. The van der Waals surface area contributed by atoms with Crippen LogP contribution in [0.1, 0.15) is 51.2 Å². The Morgan fingerprint density at radius 1 is 1.23 bits per heavy atom. The summed E-state index contributed by atoms with van der Waals surface area (Å²) in [5.41, 5.74) is 0.948. The number of nitrogens with zero attached hydrogens (tertiary/aromatic N) is 1. The molecular formula is C20H34N2O3S. The summed E-state index contributed by atoms with van der Waals surface area (Å²) in [5, 5.41) is 10.3. The predicted octanol–water partition coefficient (Wildman–Crippen LogP) is 2.79. The van der Waals surface area contributed by atoms with Gasteiger partial charge in [-0.25, -0.2) is 13.1 Å². The van der Waals surface area contributed by atoms with Gasteiger partial charge < -0.3 is 10.0 Å². The molecule has 1 heterocycles. The Labute approximate surface area is 158 Å². The van der Waals surface area contributed by atoms with Crippen LogP contribution in [-0.4, -0.2) is 50.4 Å². The second kappa shape index (κ2) is 10.4. The van der Waals surface area contributed by atoms with Gasteiger partial charge in [0.1, 0.15) is 0 Å². The zero-order valence-electron chi connectivity index (χ0n) is 16.1. The average Bonchev–Trinajstić information content (AvgIpc) is 2.61. The lowest BCUT2D eigenvalue weighted by molar-refractivity contribution is 0.0899. The summed E-state index contributed by atoms with van der Waals surface area (Å²) in [7, 11) is -3.17. The lowest BCUT2D eigenvalue weighted by Gasteiger charge is -2.33. The highest BCUT2D eigenvalue weighted by atomic mass is 32.2. The van der Waals surface area contributed by atoms with Crippen molar-refractivity contribution in [3.8, 4) is 0 Å². The van der Waals surface area contributed by atoms with Gasteiger partial charge in [0.2, 0.25) is 10.0 Å². The fourth-order valence-electron chi connectivity index (χ4n) is 3.65. The van der Waals surface area contributed by atoms with Crippen molar-refractivity contribution in [2.75, 3.05) is 31.9 Å². The summed E-state index contributed by atoms with van der Waals surface area (Å²) in [5.74, 6) is 0.818. The molecule has 5 nitrogen and oxygen atoms in total. The number of piperidine rings is 1. The second-order valence-corrected chi connectivity index (χ2v) is 9.55. The molecule has 1 aliphatic rings. The Morgan fingerprint density at radius 2 is 1.88 bits per heavy atom. The molecule has 1 aromatic carbocycles. The third-order valence-electron chi connectivity index (χ3n) is 5.20. The summed E-state index contributed by atoms with van der Waals surface area (Å²) in [6.07, 6.45) is 3.43. The molecule has 0 saturated carbocycles. The number of hydrogen-bond acceptors (Lipinski definition) is 4. The van der Waals surface area contributed by atoms with Crippen molar-refractivity contribution in [2.45, 2.75) is 45.6 Å². The Kier molecular flexibility index (Phi) is 8.54. The van der Waals surface area contributed by atoms with Gasteiger partial charge in [-0.05, 0) is 49.8 Å². The van der Waals surface area contributed by atoms with E-state index in [9.17, 15) is 13.5 Å². The maximum atomic E-state index is 12.2. The van der Waals surface area contributed by atoms with Crippen LogP contribution in [0.25, 0.3) is 0 Å². The minimum atomic E-state index is -3.17. The van der Waals surface area contributed by atoms with E-state index in [1.807, 2.05) is 37.3 Å². The monoisotopic (exact) mass is 382 g/mol. The summed E-state index contributed by atoms with van der Waals surface area (Å²) in [4.78, 5) is 2.27. The molecule has 0 radical (unpaired) electrons. The van der Waals surface area contributed by atoms with Gasteiger partial charge in [0.25, 0.3) is 0 Å². The average molecular weight is 383 g/mol. The van der Waals surface area contributed by atoms with Crippen LogP contribution >= 0.6 is 0 Å². The Hall–Kier alpha value is -0.950. The van der Waals surface area contributed by atoms with Crippen LogP contribution in [0.4, 0.5) is 0 Å². The first kappa shape index (κ1) is 21.4. The summed E-state index contributed by atoms with van der Waals surface area (Å²) in [6, 6.07) is 9.74. The fourth-order valence-corrected chi connectivity index (χ4v) is 5.18. The second-order valence-electron chi connectivity index (χ2n) is 7.69. The molecule has 0 amide bonds. The summed E-state index contributed by atoms with van der Waals surface area (Å²) < 4.78 is 27.1. The largest absolute Gasteiger partial charge is 0.387 e. The van der Waals surface area contributed by atoms with Gasteiger partial charge >= 0.3 is 0 Å². The third-order valence-corrected chi connectivity index (χ3v) is 6.81. The van der Waals surface area contributed by atoms with Crippen LogP contribution in [-0.2, 0) is 10.0 Å². The van der Waals surface area contributed by atoms with Crippen LogP contribution in [0.3, 0.4) is 0 Å². The third kappa shape index (κ3) is 7.35. The van der Waals surface area contributed by atoms with E-state index in [2.05, 4.69) is 16.5 Å². The van der Waals surface area contributed by atoms with E-state index in [4.69, 9.17) is 0 Å². The molecule has 1 saturated heterocycles. The number of hydrogen-bond donors (Lipinski definition) is 2. The Balaban J connectivity index is 1.70. The predicted molar refractivity (Wildman–Crippen MR) is 106 cm³/mol. The van der Waals surface area contributed by atoms with Crippen molar-refractivity contribution in [3.63, 3.8) is 0 Å². The van der Waals surface area contributed by atoms with Gasteiger partial charge in [-0.2, -0.15) is 0 Å². The normalized spacial score (nSPS) is 19.3. The van der Waals surface area contributed by atoms with Crippen LogP contribution < -0.4 is 4.72 Å². The molecule has 2 rings (SSSR count). The molecule has 1 fully saturated rings. The quantitative estimate of drug-likeness (QED) is 0.653. The van der Waals surface area contributed by atoms with Crippen molar-refractivity contribution in [1.29, 1.82) is 0 Å². The summed E-state index contributed by atoms with van der Waals surface area (Å²) in [6.45, 7) is 7.07. The van der Waals surface area contributed by atoms with Crippen molar-refractivity contribution < 1.29 is 13.5 Å². The van der Waals surface area contributed by atoms with Gasteiger partial charge in [-0.1, -0.05) is 50.6 Å². The highest BCUT2D eigenvalue weighted by Gasteiger charge is 2.23. The first-order valence-electron chi connectivity index (χ1n) is 9.82. The minimum Gasteiger partial charge on any atom is -0.387 e. The van der Waals surface area contributed by atoms with Gasteiger partial charge in [0.05, 0.1) is 11.9 Å². The lowest BCUT2D eigenvalue weighted by Crippen LogP contribution is -2.41. The minimum absolute atomic E-state index is 0.207. The Bertz CT molecular complexity index is 613. The van der Waals surface area contributed by atoms with E-state index in [1.165, 1.54) is 0 Å². The van der Waals surface area contributed by atoms with E-state index in [-0.39, 0.29) is 11.7 Å². The Morgan fingerprint density at radius 3 is 2.50 bits per heavy atom. The molecule has 6 heteroatoms. The molecule has 0 unspecified atom stereocenters. The standard InChI is InChI=1S/C20H34N2O3S/c1-3-7-17(2)16-26(24,25)21-14-18-10-12-22(13-11-18)15-20(23)19-8-5-4-6-9-19/h4-6,8-9,17-18,20-21,23H,3,7,10-16H2,1-2H3/t17-,20-/m1/s1. The summed E-state index contributed by atoms with van der Waals surface area (Å²) >= 11 is 0. The first-order chi connectivity index (χ1) is 12.4. The molecular weight excluding hydrogens is 348 g/mol. The number of nitrogens with one attached hydrogen (secondary N) is 1. The number of aliphatic hydroxyl groups is 1. The number of likely N-dealkylation sites (tertiary alicyclic amines) is 1. The topological polar surface area (TPSA) is 69.6 Å². The molecule has 0 spiro atoms. The zero-order valence-corrected chi connectivity index (χ0v) is 16.9. The fraction of sp³-hybridized carbons (Fsp3) is 0.700. The molecule has 0 bridgehead atoms. The van der Waals surface area contributed by atoms with Gasteiger partial charge in [-0.3, -0.25) is 0 Å². The van der Waals surface area contributed by atoms with Crippen LogP contribution in [0, 0.1) is 11.8 Å². The number of β-amino-alcohol motifs (C(OH)–C–C–N with tert-alkyl or cyclic N) is 1. The number of rotatable bonds is 10. The molecule has 0 aromatic heterocycles. The van der Waals surface area contributed by atoms with Crippen molar-refractivity contribution >= 4 is 10.0 Å². The van der Waals surface area contributed by atoms with E-state index < -0.39 is 16.1 Å². The molecule has 1 aliphatic heterocycles. The molecule has 0 aliphatic carbocycles. The maximum Gasteiger partial charge on any atom is 0.211 e. The molecule has 26 heavy (non-hydrogen) atoms.